The zero-order chi connectivity index (χ0) is 17.3. The Morgan fingerprint density at radius 2 is 0.750 bits per heavy atom. The highest BCUT2D eigenvalue weighted by Gasteiger charge is 2.29. The number of carboxylic acids is 2. The number of carboxylic acid groups (broad SMARTS) is 2. The van der Waals surface area contributed by atoms with Crippen LogP contribution in [0.4, 0.5) is 0 Å². The third-order valence-electron chi connectivity index (χ3n) is 0.805. The summed E-state index contributed by atoms with van der Waals surface area (Å²) in [5.74, 6) is -3.54. The van der Waals surface area contributed by atoms with E-state index < -0.39 is 24.1 Å². The Bertz CT molecular complexity index is 251. The van der Waals surface area contributed by atoms with Crippen LogP contribution in [0.25, 0.3) is 0 Å². The molecule has 0 aromatic carbocycles. The molecule has 8 heteroatoms. The summed E-state index contributed by atoms with van der Waals surface area (Å²) >= 11 is 0. The Kier molecular flexibility index (Phi) is 11.5. The maximum Gasteiger partial charge on any atom is 0.335 e. The van der Waals surface area contributed by atoms with E-state index >= 15 is 0 Å². The number of hydrogen-bond acceptors (Lipinski definition) is 4. The van der Waals surface area contributed by atoms with Gasteiger partial charge in [0.05, 0.1) is 56.4 Å². The molecule has 0 aromatic rings. The Balaban J connectivity index is -0.000000244. The van der Waals surface area contributed by atoms with E-state index in [0.29, 0.717) is 0 Å². The van der Waals surface area contributed by atoms with Crippen LogP contribution in [0, 0.1) is 0 Å². The van der Waals surface area contributed by atoms with Crippen molar-refractivity contribution in [2.24, 2.45) is 0 Å². The maximum absolute atomic E-state index is 9.77. The molecule has 0 saturated heterocycles. The second-order valence-corrected chi connectivity index (χ2v) is 6.93. The van der Waals surface area contributed by atoms with E-state index in [1.807, 2.05) is 0 Å². The van der Waals surface area contributed by atoms with Crippen LogP contribution >= 0.6 is 0 Å². The normalized spacial score (nSPS) is 13.9. The van der Waals surface area contributed by atoms with Gasteiger partial charge in [0, 0.05) is 0 Å². The molecule has 0 fully saturated rings. The zero-order valence-corrected chi connectivity index (χ0v) is 13.7. The van der Waals surface area contributed by atoms with Gasteiger partial charge in [-0.3, -0.25) is 0 Å². The van der Waals surface area contributed by atoms with Crippen molar-refractivity contribution in [2.75, 3.05) is 56.4 Å². The lowest BCUT2D eigenvalue weighted by atomic mass is 10.2. The van der Waals surface area contributed by atoms with Crippen molar-refractivity contribution in [3.05, 3.63) is 0 Å². The van der Waals surface area contributed by atoms with E-state index in [2.05, 4.69) is 56.4 Å². The van der Waals surface area contributed by atoms with E-state index in [1.54, 1.807) is 0 Å². The second-order valence-electron chi connectivity index (χ2n) is 6.93. The lowest BCUT2D eigenvalue weighted by Crippen LogP contribution is -2.39. The number of aliphatic hydroxyl groups is 2. The minimum absolute atomic E-state index is 1.00. The van der Waals surface area contributed by atoms with Gasteiger partial charge in [0.25, 0.3) is 0 Å². The first-order valence-electron chi connectivity index (χ1n) is 5.86. The molecule has 0 heterocycles. The van der Waals surface area contributed by atoms with Crippen LogP contribution in [0.5, 0.6) is 0 Å². The third-order valence-corrected chi connectivity index (χ3v) is 0.805. The molecule has 0 radical (unpaired) electrons. The molecular formula is C12H30N2O6+2. The van der Waals surface area contributed by atoms with Crippen LogP contribution in [0.2, 0.25) is 0 Å². The molecule has 122 valence electrons. The molecule has 0 rings (SSSR count). The molecule has 2 unspecified atom stereocenters. The quantitative estimate of drug-likeness (QED) is 0.473. The van der Waals surface area contributed by atoms with Crippen molar-refractivity contribution < 1.29 is 39.0 Å². The van der Waals surface area contributed by atoms with Gasteiger partial charge >= 0.3 is 11.9 Å². The van der Waals surface area contributed by atoms with E-state index in [-0.39, 0.29) is 0 Å². The lowest BCUT2D eigenvalue weighted by molar-refractivity contribution is -0.849. The first kappa shape index (κ1) is 23.8. The van der Waals surface area contributed by atoms with E-state index in [4.69, 9.17) is 20.4 Å². The summed E-state index contributed by atoms with van der Waals surface area (Å²) in [5, 5.41) is 32.5. The van der Waals surface area contributed by atoms with Gasteiger partial charge < -0.3 is 29.4 Å². The summed E-state index contributed by atoms with van der Waals surface area (Å²) in [5.41, 5.74) is 0. The van der Waals surface area contributed by atoms with Crippen molar-refractivity contribution in [3.8, 4) is 0 Å². The number of aliphatic carboxylic acids is 2. The minimum Gasteiger partial charge on any atom is -0.479 e. The van der Waals surface area contributed by atoms with Gasteiger partial charge in [0.2, 0.25) is 0 Å². The number of carbonyl (C=O) groups is 2. The summed E-state index contributed by atoms with van der Waals surface area (Å²) in [7, 11) is 17.0. The molecule has 0 bridgehead atoms. The monoisotopic (exact) mass is 298 g/mol. The summed E-state index contributed by atoms with van der Waals surface area (Å²) in [6.45, 7) is 0. The highest BCUT2D eigenvalue weighted by molar-refractivity contribution is 5.83. The molecule has 0 aliphatic rings. The summed E-state index contributed by atoms with van der Waals surface area (Å²) < 4.78 is 2.00. The minimum atomic E-state index is -2.27. The fourth-order valence-electron chi connectivity index (χ4n) is 0.270. The largest absolute Gasteiger partial charge is 0.479 e. The predicted molar refractivity (Wildman–Crippen MR) is 75.2 cm³/mol. The van der Waals surface area contributed by atoms with Crippen LogP contribution in [0.3, 0.4) is 0 Å². The summed E-state index contributed by atoms with van der Waals surface area (Å²) in [6, 6.07) is 0. The highest BCUT2D eigenvalue weighted by atomic mass is 16.4. The van der Waals surface area contributed by atoms with Crippen LogP contribution in [0.1, 0.15) is 0 Å². The van der Waals surface area contributed by atoms with Crippen molar-refractivity contribution in [1.82, 2.24) is 0 Å². The van der Waals surface area contributed by atoms with Crippen LogP contribution in [-0.4, -0.2) is 110 Å². The van der Waals surface area contributed by atoms with Gasteiger partial charge in [-0.05, 0) is 0 Å². The Labute approximate surface area is 120 Å². The number of nitrogens with zero attached hydrogens (tertiary/aromatic N) is 2. The molecule has 0 amide bonds. The standard InChI is InChI=1S/2C4H12N.C4H6O6/c2*1-5(2,3)4;5-1(3(7)8)2(6)4(9)10/h2*1-4H3;1-2,5-6H,(H,7,8)(H,9,10)/q2*+1;. The smallest absolute Gasteiger partial charge is 0.335 e. The first-order valence-corrected chi connectivity index (χ1v) is 5.86. The Morgan fingerprint density at radius 3 is 0.800 bits per heavy atom. The third kappa shape index (κ3) is 36.0. The van der Waals surface area contributed by atoms with Crippen molar-refractivity contribution in [2.45, 2.75) is 12.2 Å². The molecule has 20 heavy (non-hydrogen) atoms. The van der Waals surface area contributed by atoms with Crippen LogP contribution in [0.15, 0.2) is 0 Å². The van der Waals surface area contributed by atoms with Crippen molar-refractivity contribution in [3.63, 3.8) is 0 Å². The van der Waals surface area contributed by atoms with Crippen LogP contribution < -0.4 is 0 Å². The molecule has 4 N–H and O–H groups in total. The molecule has 0 aliphatic heterocycles. The van der Waals surface area contributed by atoms with Gasteiger partial charge in [-0.15, -0.1) is 0 Å². The SMILES string of the molecule is C[N+](C)(C)C.C[N+](C)(C)C.O=C(O)C(O)C(O)C(=O)O. The predicted octanol–water partition coefficient (Wildman–Crippen LogP) is -1.48. The van der Waals surface area contributed by atoms with Gasteiger partial charge in [-0.2, -0.15) is 0 Å². The van der Waals surface area contributed by atoms with Gasteiger partial charge in [0.15, 0.2) is 12.2 Å². The zero-order valence-electron chi connectivity index (χ0n) is 13.7. The highest BCUT2D eigenvalue weighted by Crippen LogP contribution is 1.92. The Morgan fingerprint density at radius 1 is 0.650 bits per heavy atom. The molecule has 8 nitrogen and oxygen atoms in total. The molecule has 0 aliphatic carbocycles. The summed E-state index contributed by atoms with van der Waals surface area (Å²) in [6.07, 6.45) is -4.53. The number of quaternary nitrogens is 2. The molecule has 0 saturated carbocycles. The van der Waals surface area contributed by atoms with Crippen molar-refractivity contribution in [1.29, 1.82) is 0 Å². The fourth-order valence-corrected chi connectivity index (χ4v) is 0.270. The van der Waals surface area contributed by atoms with Gasteiger partial charge in [-0.1, -0.05) is 0 Å². The van der Waals surface area contributed by atoms with Crippen LogP contribution in [-0.2, 0) is 9.59 Å². The van der Waals surface area contributed by atoms with E-state index in [0.717, 1.165) is 8.97 Å². The molecule has 0 aromatic heterocycles. The lowest BCUT2D eigenvalue weighted by Gasteiger charge is -2.14. The second kappa shape index (κ2) is 9.65. The number of hydrogen-bond donors (Lipinski definition) is 4. The van der Waals surface area contributed by atoms with E-state index in [1.165, 1.54) is 0 Å². The Hall–Kier alpha value is -1.22. The topological polar surface area (TPSA) is 115 Å². The fraction of sp³-hybridized carbons (Fsp3) is 0.833. The van der Waals surface area contributed by atoms with Crippen molar-refractivity contribution >= 4 is 11.9 Å². The summed E-state index contributed by atoms with van der Waals surface area (Å²) in [4.78, 5) is 19.5. The van der Waals surface area contributed by atoms with Gasteiger partial charge in [-0.25, -0.2) is 9.59 Å². The number of rotatable bonds is 3. The average molecular weight is 298 g/mol. The molecule has 2 atom stereocenters. The first-order chi connectivity index (χ1) is 8.46. The molecular weight excluding hydrogens is 268 g/mol. The average Bonchev–Trinajstić information content (AvgIpc) is 2.09. The molecule has 0 spiro atoms. The van der Waals surface area contributed by atoms with Gasteiger partial charge in [0.1, 0.15) is 0 Å². The number of aliphatic hydroxyl groups excluding tert-OH is 2. The van der Waals surface area contributed by atoms with E-state index in [9.17, 15) is 9.59 Å². The maximum atomic E-state index is 9.77.